The Bertz CT molecular complexity index is 820. The van der Waals surface area contributed by atoms with Crippen molar-refractivity contribution in [2.45, 2.75) is 76.3 Å². The van der Waals surface area contributed by atoms with Crippen molar-refractivity contribution in [2.24, 2.45) is 5.92 Å². The van der Waals surface area contributed by atoms with E-state index in [1.54, 1.807) is 6.92 Å². The summed E-state index contributed by atoms with van der Waals surface area (Å²) in [5, 5.41) is 68.4. The van der Waals surface area contributed by atoms with Gasteiger partial charge in [-0.25, -0.2) is 4.79 Å². The van der Waals surface area contributed by atoms with Gasteiger partial charge in [0.2, 0.25) is 0 Å². The highest BCUT2D eigenvalue weighted by Crippen LogP contribution is 2.35. The average Bonchev–Trinajstić information content (AvgIpc) is 2.78. The van der Waals surface area contributed by atoms with E-state index in [1.165, 1.54) is 0 Å². The number of phenols is 3. The van der Waals surface area contributed by atoms with Gasteiger partial charge >= 0.3 is 11.9 Å². The fraction of sp³-hybridized carbons (Fsp3) is 0.636. The van der Waals surface area contributed by atoms with E-state index in [9.17, 15) is 40.2 Å². The Morgan fingerprint density at radius 2 is 1.68 bits per heavy atom. The number of hydrogen-bond donors (Lipinski definition) is 7. The second kappa shape index (κ2) is 12.2. The number of aromatic hydroxyl groups is 3. The number of unbranched alkanes of at least 4 members (excludes halogenated alkanes) is 1. The van der Waals surface area contributed by atoms with Crippen molar-refractivity contribution in [3.8, 4) is 17.2 Å². The van der Waals surface area contributed by atoms with Crippen LogP contribution >= 0.6 is 0 Å². The zero-order chi connectivity index (χ0) is 25.6. The van der Waals surface area contributed by atoms with Crippen LogP contribution in [0.15, 0.2) is 12.1 Å². The third-order valence-corrected chi connectivity index (χ3v) is 5.63. The lowest BCUT2D eigenvalue weighted by Crippen LogP contribution is -2.60. The minimum Gasteiger partial charge on any atom is -0.504 e. The summed E-state index contributed by atoms with van der Waals surface area (Å²) in [5.74, 6) is -4.79. The molecule has 2 rings (SSSR count). The molecule has 0 bridgehead atoms. The van der Waals surface area contributed by atoms with Crippen LogP contribution in [-0.4, -0.2) is 91.1 Å². The Morgan fingerprint density at radius 1 is 1.06 bits per heavy atom. The summed E-state index contributed by atoms with van der Waals surface area (Å²) in [7, 11) is 0. The number of aliphatic hydroxyl groups excluding tert-OH is 3. The van der Waals surface area contributed by atoms with Gasteiger partial charge in [-0.3, -0.25) is 4.79 Å². The molecule has 0 spiro atoms. The number of carbonyl (C=O) groups excluding carboxylic acids is 1. The quantitative estimate of drug-likeness (QED) is 0.168. The maximum atomic E-state index is 12.3. The van der Waals surface area contributed by atoms with Gasteiger partial charge in [0.25, 0.3) is 0 Å². The van der Waals surface area contributed by atoms with Gasteiger partial charge in [0.1, 0.15) is 31.0 Å². The van der Waals surface area contributed by atoms with Crippen LogP contribution in [0.25, 0.3) is 0 Å². The number of benzene rings is 1. The van der Waals surface area contributed by atoms with Gasteiger partial charge in [0, 0.05) is 0 Å². The Labute approximate surface area is 195 Å². The van der Waals surface area contributed by atoms with Gasteiger partial charge in [-0.15, -0.1) is 0 Å². The number of aliphatic hydroxyl groups is 3. The summed E-state index contributed by atoms with van der Waals surface area (Å²) in [5.41, 5.74) is -0.298. The highest BCUT2D eigenvalue weighted by atomic mass is 16.7. The molecule has 1 fully saturated rings. The summed E-state index contributed by atoms with van der Waals surface area (Å²) in [6.45, 7) is 3.04. The van der Waals surface area contributed by atoms with Gasteiger partial charge in [-0.2, -0.15) is 0 Å². The number of carboxylic acids is 1. The van der Waals surface area contributed by atoms with Crippen LogP contribution in [-0.2, 0) is 19.0 Å². The van der Waals surface area contributed by atoms with Crippen molar-refractivity contribution in [3.63, 3.8) is 0 Å². The van der Waals surface area contributed by atoms with E-state index in [0.717, 1.165) is 25.0 Å². The lowest BCUT2D eigenvalue weighted by atomic mass is 9.95. The minimum atomic E-state index is -1.70. The first-order valence-electron chi connectivity index (χ1n) is 10.9. The summed E-state index contributed by atoms with van der Waals surface area (Å²) in [6.07, 6.45) is -6.53. The van der Waals surface area contributed by atoms with E-state index in [0.29, 0.717) is 6.42 Å². The molecule has 0 radical (unpaired) electrons. The van der Waals surface area contributed by atoms with E-state index in [2.05, 4.69) is 0 Å². The maximum Gasteiger partial charge on any atom is 0.338 e. The smallest absolute Gasteiger partial charge is 0.338 e. The Kier molecular flexibility index (Phi) is 9.89. The predicted molar refractivity (Wildman–Crippen MR) is 114 cm³/mol. The first-order valence-corrected chi connectivity index (χ1v) is 10.9. The monoisotopic (exact) mass is 488 g/mol. The topological polar surface area (TPSA) is 203 Å². The Balaban J connectivity index is 2.09. The van der Waals surface area contributed by atoms with E-state index in [1.807, 2.05) is 6.92 Å². The molecule has 12 nitrogen and oxygen atoms in total. The molecule has 1 saturated heterocycles. The maximum absolute atomic E-state index is 12.3. The standard InChI is InChI=1S/C22H32O12/c1-3-4-5-14(10(2)6-16(25)26)33-22-20(30)19(29)18(28)15(34-22)9-32-21(31)11-7-12(23)17(27)13(24)8-11/h7-8,10,14-15,18-20,22-24,27-30H,3-6,9H2,1-2H3,(H,25,26). The van der Waals surface area contributed by atoms with Crippen molar-refractivity contribution in [1.82, 2.24) is 0 Å². The van der Waals surface area contributed by atoms with E-state index in [4.69, 9.17) is 19.3 Å². The van der Waals surface area contributed by atoms with Gasteiger partial charge in [-0.05, 0) is 24.5 Å². The molecule has 192 valence electrons. The molecule has 0 aromatic heterocycles. The first-order chi connectivity index (χ1) is 16.0. The zero-order valence-electron chi connectivity index (χ0n) is 18.9. The molecule has 1 heterocycles. The molecule has 1 aromatic carbocycles. The van der Waals surface area contributed by atoms with Gasteiger partial charge in [0.15, 0.2) is 23.5 Å². The number of carboxylic acid groups (broad SMARTS) is 1. The number of rotatable bonds is 11. The van der Waals surface area contributed by atoms with Crippen LogP contribution in [0.4, 0.5) is 0 Å². The van der Waals surface area contributed by atoms with Crippen LogP contribution in [0.1, 0.15) is 49.9 Å². The van der Waals surface area contributed by atoms with Gasteiger partial charge in [-0.1, -0.05) is 26.7 Å². The van der Waals surface area contributed by atoms with Crippen molar-refractivity contribution in [3.05, 3.63) is 17.7 Å². The van der Waals surface area contributed by atoms with Crippen molar-refractivity contribution >= 4 is 11.9 Å². The van der Waals surface area contributed by atoms with Crippen LogP contribution < -0.4 is 0 Å². The number of esters is 1. The number of aliphatic carboxylic acids is 1. The molecule has 12 heteroatoms. The van der Waals surface area contributed by atoms with Gasteiger partial charge in [0.05, 0.1) is 18.1 Å². The van der Waals surface area contributed by atoms with E-state index < -0.39 is 78.5 Å². The summed E-state index contributed by atoms with van der Waals surface area (Å²) >= 11 is 0. The molecule has 7 unspecified atom stereocenters. The number of phenolic OH excluding ortho intramolecular Hbond substituents is 3. The van der Waals surface area contributed by atoms with Crippen LogP contribution in [0.2, 0.25) is 0 Å². The first kappa shape index (κ1) is 27.6. The number of carbonyl (C=O) groups is 2. The fourth-order valence-electron chi connectivity index (χ4n) is 3.60. The summed E-state index contributed by atoms with van der Waals surface area (Å²) < 4.78 is 16.4. The highest BCUT2D eigenvalue weighted by molar-refractivity contribution is 5.91. The molecule has 0 amide bonds. The molecule has 34 heavy (non-hydrogen) atoms. The molecule has 0 aliphatic carbocycles. The largest absolute Gasteiger partial charge is 0.504 e. The average molecular weight is 488 g/mol. The van der Waals surface area contributed by atoms with E-state index in [-0.39, 0.29) is 12.0 Å². The van der Waals surface area contributed by atoms with E-state index >= 15 is 0 Å². The molecule has 7 atom stereocenters. The van der Waals surface area contributed by atoms with Crippen LogP contribution in [0, 0.1) is 5.92 Å². The SMILES string of the molecule is CCCCC(OC1OC(COC(=O)c2cc(O)c(O)c(O)c2)C(O)C(O)C1O)C(C)CC(=O)O. The fourth-order valence-corrected chi connectivity index (χ4v) is 3.60. The third kappa shape index (κ3) is 6.93. The normalized spacial score (nSPS) is 26.6. The number of ether oxygens (including phenoxy) is 3. The zero-order valence-corrected chi connectivity index (χ0v) is 18.9. The lowest BCUT2D eigenvalue weighted by Gasteiger charge is -2.41. The van der Waals surface area contributed by atoms with Crippen molar-refractivity contribution < 1.29 is 59.5 Å². The minimum absolute atomic E-state index is 0.185. The van der Waals surface area contributed by atoms with Crippen LogP contribution in [0.3, 0.4) is 0 Å². The molecule has 1 aliphatic rings. The molecule has 0 saturated carbocycles. The van der Waals surface area contributed by atoms with Crippen molar-refractivity contribution in [2.75, 3.05) is 6.61 Å². The molecule has 7 N–H and O–H groups in total. The number of hydrogen-bond acceptors (Lipinski definition) is 11. The van der Waals surface area contributed by atoms with Crippen molar-refractivity contribution in [1.29, 1.82) is 0 Å². The lowest BCUT2D eigenvalue weighted by molar-refractivity contribution is -0.315. The second-order valence-corrected chi connectivity index (χ2v) is 8.37. The highest BCUT2D eigenvalue weighted by Gasteiger charge is 2.46. The second-order valence-electron chi connectivity index (χ2n) is 8.37. The van der Waals surface area contributed by atoms with Gasteiger partial charge < -0.3 is 50.0 Å². The molecular weight excluding hydrogens is 456 g/mol. The molecule has 1 aliphatic heterocycles. The summed E-state index contributed by atoms with van der Waals surface area (Å²) in [6, 6.07) is 1.73. The molecular formula is C22H32O12. The molecule has 1 aromatic rings. The Morgan fingerprint density at radius 3 is 2.24 bits per heavy atom. The summed E-state index contributed by atoms with van der Waals surface area (Å²) in [4.78, 5) is 23.4. The Hall–Kier alpha value is -2.64. The third-order valence-electron chi connectivity index (χ3n) is 5.63. The predicted octanol–water partition coefficient (Wildman–Crippen LogP) is 0.454. The van der Waals surface area contributed by atoms with Crippen LogP contribution in [0.5, 0.6) is 17.2 Å².